The first-order valence-electron chi connectivity index (χ1n) is 8.74. The lowest BCUT2D eigenvalue weighted by Crippen LogP contribution is -2.35. The van der Waals surface area contributed by atoms with Crippen molar-refractivity contribution in [1.29, 1.82) is 0 Å². The number of allylic oxidation sites excluding steroid dienone is 1. The van der Waals surface area contributed by atoms with Gasteiger partial charge in [0.05, 0.1) is 6.54 Å². The molecule has 2 rings (SSSR count). The molecule has 0 bridgehead atoms. The zero-order valence-electron chi connectivity index (χ0n) is 14.8. The van der Waals surface area contributed by atoms with Gasteiger partial charge in [-0.1, -0.05) is 35.4 Å². The molecule has 1 N–H and O–H groups in total. The summed E-state index contributed by atoms with van der Waals surface area (Å²) in [5.41, 5.74) is 5.38. The average Bonchev–Trinajstić information content (AvgIpc) is 2.51. The highest BCUT2D eigenvalue weighted by atomic mass is 16.2. The molecule has 1 aromatic rings. The standard InChI is InChI=1S/C20H30N2O/c1-16-9-10-19(17(2)13-16)14-22(3)15-20(23)21-12-11-18-7-5-4-6-8-18/h7,9-10,13H,4-6,8,11-12,14-15H2,1-3H3,(H,21,23). The Morgan fingerprint density at radius 3 is 2.78 bits per heavy atom. The van der Waals surface area contributed by atoms with Gasteiger partial charge >= 0.3 is 0 Å². The van der Waals surface area contributed by atoms with E-state index >= 15 is 0 Å². The first-order valence-corrected chi connectivity index (χ1v) is 8.74. The third kappa shape index (κ3) is 6.19. The molecule has 1 aliphatic carbocycles. The van der Waals surface area contributed by atoms with Gasteiger partial charge in [-0.05, 0) is 64.1 Å². The Kier molecular flexibility index (Phi) is 6.85. The summed E-state index contributed by atoms with van der Waals surface area (Å²) in [4.78, 5) is 14.1. The van der Waals surface area contributed by atoms with Crippen molar-refractivity contribution in [3.05, 3.63) is 46.5 Å². The maximum absolute atomic E-state index is 12.1. The van der Waals surface area contributed by atoms with E-state index in [1.165, 1.54) is 47.9 Å². The van der Waals surface area contributed by atoms with E-state index in [2.05, 4.69) is 48.3 Å². The largest absolute Gasteiger partial charge is 0.355 e. The van der Waals surface area contributed by atoms with Crippen molar-refractivity contribution in [1.82, 2.24) is 10.2 Å². The molecule has 126 valence electrons. The summed E-state index contributed by atoms with van der Waals surface area (Å²) in [5, 5.41) is 3.05. The number of carbonyl (C=O) groups excluding carboxylic acids is 1. The Labute approximate surface area is 140 Å². The van der Waals surface area contributed by atoms with Crippen molar-refractivity contribution >= 4 is 5.91 Å². The quantitative estimate of drug-likeness (QED) is 0.778. The number of aryl methyl sites for hydroxylation is 2. The van der Waals surface area contributed by atoms with Gasteiger partial charge in [0.15, 0.2) is 0 Å². The first-order chi connectivity index (χ1) is 11.0. The molecule has 0 saturated carbocycles. The van der Waals surface area contributed by atoms with E-state index in [0.29, 0.717) is 6.54 Å². The van der Waals surface area contributed by atoms with Gasteiger partial charge in [-0.3, -0.25) is 9.69 Å². The van der Waals surface area contributed by atoms with Crippen LogP contribution in [0.25, 0.3) is 0 Å². The zero-order chi connectivity index (χ0) is 16.7. The highest BCUT2D eigenvalue weighted by Crippen LogP contribution is 2.19. The molecular weight excluding hydrogens is 284 g/mol. The molecule has 0 heterocycles. The Morgan fingerprint density at radius 2 is 2.09 bits per heavy atom. The topological polar surface area (TPSA) is 32.3 Å². The number of benzene rings is 1. The summed E-state index contributed by atoms with van der Waals surface area (Å²) < 4.78 is 0. The van der Waals surface area contributed by atoms with Crippen molar-refractivity contribution in [2.75, 3.05) is 20.1 Å². The van der Waals surface area contributed by atoms with Gasteiger partial charge < -0.3 is 5.32 Å². The molecule has 0 aliphatic heterocycles. The van der Waals surface area contributed by atoms with Crippen LogP contribution in [-0.2, 0) is 11.3 Å². The van der Waals surface area contributed by atoms with Gasteiger partial charge in [-0.2, -0.15) is 0 Å². The van der Waals surface area contributed by atoms with E-state index in [1.807, 2.05) is 7.05 Å². The van der Waals surface area contributed by atoms with Gasteiger partial charge in [0.2, 0.25) is 5.91 Å². The summed E-state index contributed by atoms with van der Waals surface area (Å²) >= 11 is 0. The number of hydrogen-bond donors (Lipinski definition) is 1. The fraction of sp³-hybridized carbons (Fsp3) is 0.550. The van der Waals surface area contributed by atoms with Crippen LogP contribution in [0.1, 0.15) is 48.8 Å². The molecule has 0 atom stereocenters. The summed E-state index contributed by atoms with van der Waals surface area (Å²) in [5.74, 6) is 0.119. The maximum atomic E-state index is 12.1. The fourth-order valence-electron chi connectivity index (χ4n) is 3.17. The summed E-state index contributed by atoms with van der Waals surface area (Å²) in [6.45, 7) is 6.27. The second kappa shape index (κ2) is 8.88. The van der Waals surface area contributed by atoms with Crippen LogP contribution in [0.4, 0.5) is 0 Å². The van der Waals surface area contributed by atoms with E-state index in [0.717, 1.165) is 19.5 Å². The number of carbonyl (C=O) groups is 1. The van der Waals surface area contributed by atoms with E-state index < -0.39 is 0 Å². The molecule has 0 radical (unpaired) electrons. The van der Waals surface area contributed by atoms with Crippen LogP contribution in [0, 0.1) is 13.8 Å². The van der Waals surface area contributed by atoms with Crippen LogP contribution in [-0.4, -0.2) is 30.9 Å². The summed E-state index contributed by atoms with van der Waals surface area (Å²) in [6, 6.07) is 6.49. The lowest BCUT2D eigenvalue weighted by atomic mass is 9.97. The lowest BCUT2D eigenvalue weighted by Gasteiger charge is -2.18. The molecule has 0 fully saturated rings. The van der Waals surface area contributed by atoms with Gasteiger partial charge in [0, 0.05) is 13.1 Å². The van der Waals surface area contributed by atoms with Crippen LogP contribution < -0.4 is 5.32 Å². The van der Waals surface area contributed by atoms with Crippen molar-refractivity contribution in [2.45, 2.75) is 52.5 Å². The lowest BCUT2D eigenvalue weighted by molar-refractivity contribution is -0.122. The summed E-state index contributed by atoms with van der Waals surface area (Å²) in [6.07, 6.45) is 8.40. The van der Waals surface area contributed by atoms with E-state index in [9.17, 15) is 4.79 Å². The second-order valence-electron chi connectivity index (χ2n) is 6.81. The van der Waals surface area contributed by atoms with Gasteiger partial charge in [-0.15, -0.1) is 0 Å². The Bertz CT molecular complexity index is 563. The molecular formula is C20H30N2O. The van der Waals surface area contributed by atoms with E-state index in [4.69, 9.17) is 0 Å². The Morgan fingerprint density at radius 1 is 1.26 bits per heavy atom. The third-order valence-corrected chi connectivity index (χ3v) is 4.51. The van der Waals surface area contributed by atoms with E-state index in [1.54, 1.807) is 0 Å². The minimum absolute atomic E-state index is 0.119. The third-order valence-electron chi connectivity index (χ3n) is 4.51. The highest BCUT2D eigenvalue weighted by molar-refractivity contribution is 5.77. The molecule has 1 amide bonds. The average molecular weight is 314 g/mol. The minimum atomic E-state index is 0.119. The normalized spacial score (nSPS) is 14.7. The Balaban J connectivity index is 1.70. The monoisotopic (exact) mass is 314 g/mol. The van der Waals surface area contributed by atoms with Crippen molar-refractivity contribution in [2.24, 2.45) is 0 Å². The molecule has 0 saturated heterocycles. The molecule has 0 unspecified atom stereocenters. The van der Waals surface area contributed by atoms with Crippen molar-refractivity contribution in [3.8, 4) is 0 Å². The van der Waals surface area contributed by atoms with Gasteiger partial charge in [0.1, 0.15) is 0 Å². The molecule has 0 aromatic heterocycles. The van der Waals surface area contributed by atoms with Gasteiger partial charge in [0.25, 0.3) is 0 Å². The fourth-order valence-corrected chi connectivity index (χ4v) is 3.17. The van der Waals surface area contributed by atoms with Crippen LogP contribution in [0.3, 0.4) is 0 Å². The predicted octanol–water partition coefficient (Wildman–Crippen LogP) is 3.74. The van der Waals surface area contributed by atoms with Crippen molar-refractivity contribution in [3.63, 3.8) is 0 Å². The summed E-state index contributed by atoms with van der Waals surface area (Å²) in [7, 11) is 2.00. The number of nitrogens with zero attached hydrogens (tertiary/aromatic N) is 1. The van der Waals surface area contributed by atoms with Gasteiger partial charge in [-0.25, -0.2) is 0 Å². The highest BCUT2D eigenvalue weighted by Gasteiger charge is 2.09. The first kappa shape index (κ1) is 17.7. The number of hydrogen-bond acceptors (Lipinski definition) is 2. The molecule has 3 heteroatoms. The maximum Gasteiger partial charge on any atom is 0.234 e. The van der Waals surface area contributed by atoms with Crippen LogP contribution in [0.5, 0.6) is 0 Å². The van der Waals surface area contributed by atoms with Crippen molar-refractivity contribution < 1.29 is 4.79 Å². The molecule has 1 aliphatic rings. The minimum Gasteiger partial charge on any atom is -0.355 e. The Hall–Kier alpha value is -1.61. The molecule has 3 nitrogen and oxygen atoms in total. The molecule has 1 aromatic carbocycles. The van der Waals surface area contributed by atoms with Crippen LogP contribution in [0.2, 0.25) is 0 Å². The smallest absolute Gasteiger partial charge is 0.234 e. The molecule has 23 heavy (non-hydrogen) atoms. The number of rotatable bonds is 7. The van der Waals surface area contributed by atoms with Crippen LogP contribution >= 0.6 is 0 Å². The van der Waals surface area contributed by atoms with Crippen LogP contribution in [0.15, 0.2) is 29.8 Å². The number of amides is 1. The molecule has 0 spiro atoms. The van der Waals surface area contributed by atoms with E-state index in [-0.39, 0.29) is 5.91 Å². The number of nitrogens with one attached hydrogen (secondary N) is 1. The zero-order valence-corrected chi connectivity index (χ0v) is 14.8. The SMILES string of the molecule is Cc1ccc(CN(C)CC(=O)NCCC2=CCCCC2)c(C)c1. The predicted molar refractivity (Wildman–Crippen MR) is 96.4 cm³/mol. The second-order valence-corrected chi connectivity index (χ2v) is 6.81. The number of likely N-dealkylation sites (N-methyl/N-ethyl adjacent to an activating group) is 1.